The number of carboxylic acids is 1. The van der Waals surface area contributed by atoms with Gasteiger partial charge in [-0.25, -0.2) is 14.8 Å². The number of carbonyl (C=O) groups is 1. The van der Waals surface area contributed by atoms with Crippen molar-refractivity contribution >= 4 is 50.1 Å². The molecule has 0 radical (unpaired) electrons. The number of allylic oxidation sites excluding steroid dienone is 4. The van der Waals surface area contributed by atoms with E-state index in [1.165, 1.54) is 38.6 Å². The summed E-state index contributed by atoms with van der Waals surface area (Å²) < 4.78 is 0. The maximum Gasteiger partial charge on any atom is 0.337 e. The molecule has 1 unspecified atom stereocenters. The van der Waals surface area contributed by atoms with Crippen LogP contribution >= 0.6 is 0 Å². The number of fused-ring (bicyclic) bond motifs is 6. The number of imidazole rings is 1. The zero-order chi connectivity index (χ0) is 29.8. The van der Waals surface area contributed by atoms with Crippen LogP contribution in [0, 0.1) is 0 Å². The van der Waals surface area contributed by atoms with E-state index in [1.807, 2.05) is 12.1 Å². The van der Waals surface area contributed by atoms with E-state index in [4.69, 9.17) is 9.97 Å². The minimum atomic E-state index is -0.976. The standard InChI is InChI=1S/C38H32N4O2/c1-2-42(22-35-39-34-13-7-11-31(38(43)44)36(34)41-35)37-32(21-26-9-4-6-12-33(26)40-37)25-15-17-28-24(20-25)16-19-29-27-10-5-3-8-23(27)14-18-30(28)29/h3-15,17-18,21,25H,2,16,19-20,22H2,1H3,(H,39,41)(H,43,44). The summed E-state index contributed by atoms with van der Waals surface area (Å²) in [7, 11) is 0. The van der Waals surface area contributed by atoms with Crippen LogP contribution in [0.5, 0.6) is 0 Å². The van der Waals surface area contributed by atoms with Crippen LogP contribution in [0.15, 0.2) is 103 Å². The number of hydrogen-bond acceptors (Lipinski definition) is 4. The molecule has 6 heteroatoms. The van der Waals surface area contributed by atoms with Gasteiger partial charge in [-0.1, -0.05) is 78.4 Å². The Morgan fingerprint density at radius 1 is 0.955 bits per heavy atom. The molecule has 2 aliphatic rings. The second-order valence-corrected chi connectivity index (χ2v) is 11.8. The Morgan fingerprint density at radius 2 is 1.80 bits per heavy atom. The molecule has 216 valence electrons. The molecule has 2 heterocycles. The lowest BCUT2D eigenvalue weighted by molar-refractivity contribution is 0.0699. The summed E-state index contributed by atoms with van der Waals surface area (Å²) in [6, 6.07) is 29.1. The average molecular weight is 577 g/mol. The lowest BCUT2D eigenvalue weighted by Crippen LogP contribution is -2.26. The zero-order valence-corrected chi connectivity index (χ0v) is 24.5. The zero-order valence-electron chi connectivity index (χ0n) is 24.5. The molecule has 2 N–H and O–H groups in total. The van der Waals surface area contributed by atoms with Gasteiger partial charge in [0, 0.05) is 23.4 Å². The number of hydrogen-bond donors (Lipinski definition) is 2. The summed E-state index contributed by atoms with van der Waals surface area (Å²) in [5.74, 6) is 0.893. The van der Waals surface area contributed by atoms with Gasteiger partial charge >= 0.3 is 5.97 Å². The Balaban J connectivity index is 1.18. The van der Waals surface area contributed by atoms with Crippen molar-refractivity contribution in [3.05, 3.63) is 131 Å². The van der Waals surface area contributed by atoms with Crippen LogP contribution in [0.1, 0.15) is 58.6 Å². The van der Waals surface area contributed by atoms with Crippen LogP contribution in [-0.4, -0.2) is 32.6 Å². The molecular weight excluding hydrogens is 544 g/mol. The van der Waals surface area contributed by atoms with Gasteiger partial charge in [-0.15, -0.1) is 0 Å². The molecule has 6 aromatic rings. The van der Waals surface area contributed by atoms with Gasteiger partial charge in [0.2, 0.25) is 0 Å². The Hall–Kier alpha value is -5.23. The van der Waals surface area contributed by atoms with Crippen LogP contribution in [0.2, 0.25) is 0 Å². The predicted molar refractivity (Wildman–Crippen MR) is 177 cm³/mol. The molecule has 0 bridgehead atoms. The predicted octanol–water partition coefficient (Wildman–Crippen LogP) is 8.43. The van der Waals surface area contributed by atoms with E-state index in [0.29, 0.717) is 12.1 Å². The molecule has 0 fully saturated rings. The first-order valence-electron chi connectivity index (χ1n) is 15.3. The van der Waals surface area contributed by atoms with E-state index in [-0.39, 0.29) is 11.5 Å². The number of H-pyrrole nitrogens is 1. The second kappa shape index (κ2) is 10.5. The summed E-state index contributed by atoms with van der Waals surface area (Å²) in [6.07, 6.45) is 7.81. The maximum absolute atomic E-state index is 11.8. The number of aryl methyl sites for hydroxylation is 1. The number of nitrogens with one attached hydrogen (secondary N) is 1. The highest BCUT2D eigenvalue weighted by molar-refractivity contribution is 6.01. The van der Waals surface area contributed by atoms with Crippen molar-refractivity contribution in [3.8, 4) is 0 Å². The molecule has 0 amide bonds. The minimum Gasteiger partial charge on any atom is -0.478 e. The van der Waals surface area contributed by atoms with Crippen LogP contribution in [0.4, 0.5) is 5.82 Å². The number of nitrogens with zero attached hydrogens (tertiary/aromatic N) is 3. The Kier molecular flexibility index (Phi) is 6.29. The Bertz CT molecular complexity index is 2170. The molecule has 44 heavy (non-hydrogen) atoms. The maximum atomic E-state index is 11.8. The van der Waals surface area contributed by atoms with Crippen molar-refractivity contribution in [2.75, 3.05) is 11.4 Å². The molecule has 0 aliphatic heterocycles. The van der Waals surface area contributed by atoms with Crippen LogP contribution in [0.25, 0.3) is 38.3 Å². The van der Waals surface area contributed by atoms with Crippen molar-refractivity contribution in [2.24, 2.45) is 0 Å². The quantitative estimate of drug-likeness (QED) is 0.208. The monoisotopic (exact) mass is 576 g/mol. The number of aromatic carboxylic acids is 1. The Labute approximate surface area is 255 Å². The molecule has 1 atom stereocenters. The number of aromatic nitrogens is 3. The molecule has 0 saturated carbocycles. The molecule has 4 aromatic carbocycles. The van der Waals surface area contributed by atoms with E-state index in [1.54, 1.807) is 12.1 Å². The van der Waals surface area contributed by atoms with E-state index in [0.717, 1.165) is 53.9 Å². The van der Waals surface area contributed by atoms with Gasteiger partial charge in [0.25, 0.3) is 0 Å². The molecule has 2 aromatic heterocycles. The SMILES string of the molecule is CCN(Cc1nc2c(C(=O)O)cccc2[nH]1)c1nc2ccccc2cc1C1C=CC2=C(CCc3c2ccc2ccccc32)C1. The van der Waals surface area contributed by atoms with Crippen LogP contribution in [0.3, 0.4) is 0 Å². The molecular formula is C38H32N4O2. The minimum absolute atomic E-state index is 0.200. The van der Waals surface area contributed by atoms with E-state index in [2.05, 4.69) is 89.6 Å². The number of pyridine rings is 1. The number of aromatic amines is 1. The van der Waals surface area contributed by atoms with Crippen molar-refractivity contribution < 1.29 is 9.90 Å². The smallest absolute Gasteiger partial charge is 0.337 e. The van der Waals surface area contributed by atoms with Crippen molar-refractivity contribution in [2.45, 2.75) is 38.6 Å². The number of rotatable bonds is 6. The molecule has 6 nitrogen and oxygen atoms in total. The number of benzene rings is 4. The second-order valence-electron chi connectivity index (χ2n) is 11.8. The van der Waals surface area contributed by atoms with Crippen molar-refractivity contribution in [1.29, 1.82) is 0 Å². The van der Waals surface area contributed by atoms with E-state index >= 15 is 0 Å². The fraction of sp³-hybridized carbons (Fsp3) is 0.184. The first kappa shape index (κ1) is 26.4. The van der Waals surface area contributed by atoms with Gasteiger partial charge in [0.05, 0.1) is 23.1 Å². The van der Waals surface area contributed by atoms with E-state index in [9.17, 15) is 9.90 Å². The third-order valence-electron chi connectivity index (χ3n) is 9.30. The highest BCUT2D eigenvalue weighted by atomic mass is 16.4. The van der Waals surface area contributed by atoms with E-state index < -0.39 is 5.97 Å². The summed E-state index contributed by atoms with van der Waals surface area (Å²) in [5, 5.41) is 13.5. The summed E-state index contributed by atoms with van der Waals surface area (Å²) in [4.78, 5) is 27.4. The average Bonchev–Trinajstić information content (AvgIpc) is 3.48. The summed E-state index contributed by atoms with van der Waals surface area (Å²) in [6.45, 7) is 3.35. The molecule has 2 aliphatic carbocycles. The van der Waals surface area contributed by atoms with Gasteiger partial charge < -0.3 is 15.0 Å². The summed E-state index contributed by atoms with van der Waals surface area (Å²) in [5.41, 5.74) is 9.31. The highest BCUT2D eigenvalue weighted by Gasteiger charge is 2.28. The largest absolute Gasteiger partial charge is 0.478 e. The summed E-state index contributed by atoms with van der Waals surface area (Å²) >= 11 is 0. The normalized spacial score (nSPS) is 16.0. The van der Waals surface area contributed by atoms with Crippen LogP contribution < -0.4 is 4.90 Å². The molecule has 0 saturated heterocycles. The van der Waals surface area contributed by atoms with Gasteiger partial charge in [-0.05, 0) is 77.9 Å². The first-order valence-corrected chi connectivity index (χ1v) is 15.3. The number of para-hydroxylation sites is 2. The van der Waals surface area contributed by atoms with Gasteiger partial charge in [0.1, 0.15) is 17.2 Å². The third kappa shape index (κ3) is 4.37. The van der Waals surface area contributed by atoms with Gasteiger partial charge in [-0.2, -0.15) is 0 Å². The van der Waals surface area contributed by atoms with Crippen molar-refractivity contribution in [1.82, 2.24) is 15.0 Å². The fourth-order valence-electron chi connectivity index (χ4n) is 7.13. The Morgan fingerprint density at radius 3 is 2.66 bits per heavy atom. The van der Waals surface area contributed by atoms with Crippen molar-refractivity contribution in [3.63, 3.8) is 0 Å². The number of anilines is 1. The lowest BCUT2D eigenvalue weighted by atomic mass is 9.75. The molecule has 8 rings (SSSR count). The highest BCUT2D eigenvalue weighted by Crippen LogP contribution is 2.45. The lowest BCUT2D eigenvalue weighted by Gasteiger charge is -2.31. The first-order chi connectivity index (χ1) is 21.6. The topological polar surface area (TPSA) is 82.1 Å². The third-order valence-corrected chi connectivity index (χ3v) is 9.30. The fourth-order valence-corrected chi connectivity index (χ4v) is 7.13. The number of carboxylic acid groups (broad SMARTS) is 1. The van der Waals surface area contributed by atoms with Gasteiger partial charge in [-0.3, -0.25) is 0 Å². The molecule has 0 spiro atoms. The van der Waals surface area contributed by atoms with Crippen LogP contribution in [-0.2, 0) is 13.0 Å². The van der Waals surface area contributed by atoms with Gasteiger partial charge in [0.15, 0.2) is 0 Å².